The molecule has 2 heterocycles. The number of hydrogen-bond donors (Lipinski definition) is 11. The van der Waals surface area contributed by atoms with E-state index < -0.39 is 153 Å². The number of benzene rings is 1. The highest BCUT2D eigenvalue weighted by molar-refractivity contribution is 5.99. The molecular formula is C31H38O24. The molecule has 0 radical (unpaired) electrons. The molecular weight excluding hydrogens is 756 g/mol. The number of rotatable bonds is 17. The van der Waals surface area contributed by atoms with Crippen LogP contribution in [0.5, 0.6) is 0 Å². The van der Waals surface area contributed by atoms with E-state index in [4.69, 9.17) is 18.9 Å². The van der Waals surface area contributed by atoms with Crippen molar-refractivity contribution in [2.75, 3.05) is 19.8 Å². The third-order valence-electron chi connectivity index (χ3n) is 8.29. The van der Waals surface area contributed by atoms with E-state index in [2.05, 4.69) is 9.47 Å². The van der Waals surface area contributed by atoms with Crippen LogP contribution >= 0.6 is 0 Å². The summed E-state index contributed by atoms with van der Waals surface area (Å²) in [5.41, 5.74) is -6.83. The van der Waals surface area contributed by atoms with Crippen molar-refractivity contribution >= 4 is 41.8 Å². The first kappa shape index (κ1) is 44.8. The molecule has 0 saturated carbocycles. The molecule has 1 aromatic carbocycles. The minimum atomic E-state index is -3.39. The zero-order chi connectivity index (χ0) is 41.5. The molecule has 306 valence electrons. The summed E-state index contributed by atoms with van der Waals surface area (Å²) in [5.74, 6) is -15.2. The summed E-state index contributed by atoms with van der Waals surface area (Å²) in [6.45, 7) is -3.16. The Morgan fingerprint density at radius 3 is 1.65 bits per heavy atom. The van der Waals surface area contributed by atoms with E-state index >= 15 is 0 Å². The third kappa shape index (κ3) is 10.8. The van der Waals surface area contributed by atoms with Crippen LogP contribution in [-0.4, -0.2) is 184 Å². The molecule has 55 heavy (non-hydrogen) atoms. The summed E-state index contributed by atoms with van der Waals surface area (Å²) in [5, 5.41) is 110. The van der Waals surface area contributed by atoms with Gasteiger partial charge in [0.2, 0.25) is 5.79 Å². The number of carbonyl (C=O) groups is 7. The average molecular weight is 795 g/mol. The van der Waals surface area contributed by atoms with Crippen molar-refractivity contribution in [3.8, 4) is 0 Å². The van der Waals surface area contributed by atoms with E-state index in [9.17, 15) is 89.7 Å². The first-order valence-electron chi connectivity index (χ1n) is 15.9. The molecule has 24 heteroatoms. The lowest BCUT2D eigenvalue weighted by Crippen LogP contribution is -2.63. The fourth-order valence-electron chi connectivity index (χ4n) is 5.20. The highest BCUT2D eigenvalue weighted by Crippen LogP contribution is 2.36. The molecule has 1 aromatic rings. The van der Waals surface area contributed by atoms with Crippen molar-refractivity contribution in [3.63, 3.8) is 0 Å². The number of hydrogen-bond acceptors (Lipinski definition) is 22. The summed E-state index contributed by atoms with van der Waals surface area (Å²) < 4.78 is 29.3. The van der Waals surface area contributed by atoms with Gasteiger partial charge < -0.3 is 84.6 Å². The van der Waals surface area contributed by atoms with Gasteiger partial charge in [-0.15, -0.1) is 0 Å². The highest BCUT2D eigenvalue weighted by Gasteiger charge is 2.58. The van der Waals surface area contributed by atoms with Crippen LogP contribution in [0.2, 0.25) is 0 Å². The van der Waals surface area contributed by atoms with E-state index in [1.54, 1.807) is 0 Å². The Bertz CT molecular complexity index is 1580. The zero-order valence-corrected chi connectivity index (χ0v) is 28.2. The second kappa shape index (κ2) is 18.4. The summed E-state index contributed by atoms with van der Waals surface area (Å²) >= 11 is 0. The smallest absolute Gasteiger partial charge is 0.345 e. The van der Waals surface area contributed by atoms with Crippen LogP contribution in [-0.2, 0) is 57.2 Å². The molecule has 24 nitrogen and oxygen atoms in total. The van der Waals surface area contributed by atoms with Crippen LogP contribution in [0.25, 0.3) is 0 Å². The molecule has 2 fully saturated rings. The maximum absolute atomic E-state index is 12.6. The van der Waals surface area contributed by atoms with Crippen molar-refractivity contribution in [1.29, 1.82) is 0 Å². The van der Waals surface area contributed by atoms with Gasteiger partial charge in [0.1, 0.15) is 55.9 Å². The number of ether oxygens (including phenoxy) is 6. The molecule has 0 aromatic heterocycles. The zero-order valence-electron chi connectivity index (χ0n) is 28.2. The molecule has 0 spiro atoms. The van der Waals surface area contributed by atoms with Crippen LogP contribution in [0.1, 0.15) is 36.0 Å². The summed E-state index contributed by atoms with van der Waals surface area (Å²) in [6, 6.07) is 6.85. The SMILES string of the molecule is O=C(CC(O)(CC(=O)OC(=O)CC(O)(CC(=O)OC(=O)c1ccccc1)C(=O)O)C(=O)O)OC[C@H]1O[C@H](O[C@]2(CO)O[C@H](CO)[C@@H](O)[C@@H]2O)[C@H](O)[C@@H](O)[C@@H]1O. The second-order valence-corrected chi connectivity index (χ2v) is 12.4. The summed E-state index contributed by atoms with van der Waals surface area (Å²) in [6.07, 6.45) is -22.0. The average Bonchev–Trinajstić information content (AvgIpc) is 3.35. The first-order chi connectivity index (χ1) is 25.6. The van der Waals surface area contributed by atoms with Gasteiger partial charge in [-0.1, -0.05) is 18.2 Å². The van der Waals surface area contributed by atoms with Crippen molar-refractivity contribution in [3.05, 3.63) is 35.9 Å². The van der Waals surface area contributed by atoms with Gasteiger partial charge in [0, 0.05) is 0 Å². The van der Waals surface area contributed by atoms with E-state index in [0.29, 0.717) is 0 Å². The Balaban J connectivity index is 1.59. The minimum Gasteiger partial charge on any atom is -0.479 e. The van der Waals surface area contributed by atoms with Crippen molar-refractivity contribution in [2.45, 2.75) is 91.7 Å². The highest BCUT2D eigenvalue weighted by atomic mass is 16.8. The monoisotopic (exact) mass is 794 g/mol. The number of aliphatic hydroxyl groups is 9. The van der Waals surface area contributed by atoms with Gasteiger partial charge in [0.05, 0.1) is 37.9 Å². The van der Waals surface area contributed by atoms with Gasteiger partial charge in [0.25, 0.3) is 0 Å². The lowest BCUT2D eigenvalue weighted by Gasteiger charge is -2.43. The Hall–Kier alpha value is -4.57. The molecule has 0 aliphatic carbocycles. The summed E-state index contributed by atoms with van der Waals surface area (Å²) in [7, 11) is 0. The number of aliphatic hydroxyl groups excluding tert-OH is 7. The van der Waals surface area contributed by atoms with Gasteiger partial charge >= 0.3 is 41.8 Å². The maximum Gasteiger partial charge on any atom is 0.345 e. The number of aliphatic carboxylic acids is 2. The first-order valence-corrected chi connectivity index (χ1v) is 15.9. The number of esters is 5. The van der Waals surface area contributed by atoms with Gasteiger partial charge in [-0.05, 0) is 12.1 Å². The maximum atomic E-state index is 12.6. The largest absolute Gasteiger partial charge is 0.479 e. The van der Waals surface area contributed by atoms with Crippen LogP contribution in [0.4, 0.5) is 0 Å². The van der Waals surface area contributed by atoms with Crippen LogP contribution in [0, 0.1) is 0 Å². The van der Waals surface area contributed by atoms with E-state index in [1.165, 1.54) is 30.3 Å². The van der Waals surface area contributed by atoms with Crippen molar-refractivity contribution in [1.82, 2.24) is 0 Å². The van der Waals surface area contributed by atoms with Crippen molar-refractivity contribution in [2.24, 2.45) is 0 Å². The fourth-order valence-corrected chi connectivity index (χ4v) is 5.20. The lowest BCUT2D eigenvalue weighted by molar-refractivity contribution is -0.383. The van der Waals surface area contributed by atoms with Gasteiger partial charge in [0.15, 0.2) is 17.5 Å². The predicted molar refractivity (Wildman–Crippen MR) is 164 cm³/mol. The number of carbonyl (C=O) groups excluding carboxylic acids is 5. The summed E-state index contributed by atoms with van der Waals surface area (Å²) in [4.78, 5) is 85.0. The van der Waals surface area contributed by atoms with E-state index in [1.807, 2.05) is 0 Å². The minimum absolute atomic E-state index is 0.125. The van der Waals surface area contributed by atoms with Crippen LogP contribution in [0.3, 0.4) is 0 Å². The quantitative estimate of drug-likeness (QED) is 0.0397. The Labute approximate surface area is 307 Å². The van der Waals surface area contributed by atoms with Gasteiger partial charge in [-0.25, -0.2) is 14.4 Å². The predicted octanol–water partition coefficient (Wildman–Crippen LogP) is -6.20. The van der Waals surface area contributed by atoms with Crippen LogP contribution < -0.4 is 0 Å². The normalized spacial score (nSPS) is 29.9. The Morgan fingerprint density at radius 2 is 1.18 bits per heavy atom. The third-order valence-corrected chi connectivity index (χ3v) is 8.29. The van der Waals surface area contributed by atoms with Gasteiger partial charge in [-0.2, -0.15) is 0 Å². The molecule has 11 N–H and O–H groups in total. The fraction of sp³-hybridized carbons (Fsp3) is 0.581. The second-order valence-electron chi connectivity index (χ2n) is 12.4. The Kier molecular flexibility index (Phi) is 15.0. The van der Waals surface area contributed by atoms with Crippen LogP contribution in [0.15, 0.2) is 30.3 Å². The molecule has 11 atom stereocenters. The molecule has 2 aliphatic heterocycles. The number of carboxylic acid groups (broad SMARTS) is 2. The molecule has 2 unspecified atom stereocenters. The standard InChI is InChI=1S/C31H38O24/c32-10-14-21(39)24(42)31(12-33,54-14)55-26-23(41)22(40)20(38)15(51-26)11-50-16(34)6-29(48,27(44)45)7-17(35)52-18(36)8-30(49,28(46)47)9-19(37)53-25(43)13-4-2-1-3-5-13/h1-5,14-15,20-24,26,32-33,38-42,48-49H,6-12H2,(H,44,45)(H,46,47)/t14-,15-,20-,21-,22+,23-,24+,26-,29?,30?,31+/m1/s1. The molecule has 2 aliphatic rings. The van der Waals surface area contributed by atoms with E-state index in [0.717, 1.165) is 0 Å². The molecule has 3 rings (SSSR count). The molecule has 2 saturated heterocycles. The van der Waals surface area contributed by atoms with Gasteiger partial charge in [-0.3, -0.25) is 19.2 Å². The van der Waals surface area contributed by atoms with E-state index in [-0.39, 0.29) is 5.56 Å². The molecule has 0 bridgehead atoms. The topological polar surface area (TPSA) is 397 Å². The van der Waals surface area contributed by atoms with Crippen molar-refractivity contribution < 1.29 is 118 Å². The lowest BCUT2D eigenvalue weighted by atomic mass is 9.95. The Morgan fingerprint density at radius 1 is 0.673 bits per heavy atom. The molecule has 0 amide bonds. The number of carboxylic acids is 2.